The first-order chi connectivity index (χ1) is 9.13. The zero-order chi connectivity index (χ0) is 13.9. The number of nitrogens with two attached hydrogens (primary N) is 1. The molecule has 1 aliphatic carbocycles. The normalized spacial score (nSPS) is 17.9. The molecule has 0 aliphatic heterocycles. The number of benzene rings is 1. The Morgan fingerprint density at radius 3 is 2.47 bits per heavy atom. The largest absolute Gasteiger partial charge is 0.496 e. The molecule has 1 saturated carbocycles. The van der Waals surface area contributed by atoms with Gasteiger partial charge in [0.25, 0.3) is 0 Å². The van der Waals surface area contributed by atoms with Crippen molar-refractivity contribution in [2.24, 2.45) is 5.73 Å². The van der Waals surface area contributed by atoms with Crippen molar-refractivity contribution in [2.75, 3.05) is 13.7 Å². The van der Waals surface area contributed by atoms with Crippen molar-refractivity contribution in [3.63, 3.8) is 0 Å². The quantitative estimate of drug-likeness (QED) is 0.870. The number of methoxy groups -OCH3 is 1. The lowest BCUT2D eigenvalue weighted by atomic mass is 9.75. The lowest BCUT2D eigenvalue weighted by Gasteiger charge is -2.30. The predicted octanol–water partition coefficient (Wildman–Crippen LogP) is 3.98. The SMILES string of the molecule is COc1ccc(C2(CCN)CCCC2)cc1C(C)C. The predicted molar refractivity (Wildman–Crippen MR) is 80.9 cm³/mol. The van der Waals surface area contributed by atoms with E-state index < -0.39 is 0 Å². The van der Waals surface area contributed by atoms with Gasteiger partial charge in [-0.15, -0.1) is 0 Å². The summed E-state index contributed by atoms with van der Waals surface area (Å²) in [6, 6.07) is 6.76. The molecule has 1 aromatic rings. The van der Waals surface area contributed by atoms with Crippen LogP contribution >= 0.6 is 0 Å². The van der Waals surface area contributed by atoms with Crippen molar-refractivity contribution >= 4 is 0 Å². The lowest BCUT2D eigenvalue weighted by molar-refractivity contribution is 0.398. The second-order valence-corrected chi connectivity index (χ2v) is 6.14. The zero-order valence-electron chi connectivity index (χ0n) is 12.5. The number of hydrogen-bond donors (Lipinski definition) is 1. The summed E-state index contributed by atoms with van der Waals surface area (Å²) in [6.07, 6.45) is 6.35. The first kappa shape index (κ1) is 14.4. The van der Waals surface area contributed by atoms with Crippen LogP contribution in [0.4, 0.5) is 0 Å². The van der Waals surface area contributed by atoms with Crippen LogP contribution in [-0.4, -0.2) is 13.7 Å². The van der Waals surface area contributed by atoms with Crippen molar-refractivity contribution in [1.82, 2.24) is 0 Å². The lowest BCUT2D eigenvalue weighted by Crippen LogP contribution is -2.26. The van der Waals surface area contributed by atoms with Crippen molar-refractivity contribution in [1.29, 1.82) is 0 Å². The van der Waals surface area contributed by atoms with Crippen LogP contribution in [0.1, 0.15) is 63.0 Å². The summed E-state index contributed by atoms with van der Waals surface area (Å²) >= 11 is 0. The Kier molecular flexibility index (Phi) is 4.51. The molecular formula is C17H27NO. The fraction of sp³-hybridized carbons (Fsp3) is 0.647. The molecule has 2 rings (SSSR count). The highest BCUT2D eigenvalue weighted by molar-refractivity contribution is 5.42. The van der Waals surface area contributed by atoms with Gasteiger partial charge in [-0.1, -0.05) is 38.8 Å². The third kappa shape index (κ3) is 2.79. The van der Waals surface area contributed by atoms with E-state index in [4.69, 9.17) is 10.5 Å². The van der Waals surface area contributed by atoms with Gasteiger partial charge in [0.15, 0.2) is 0 Å². The van der Waals surface area contributed by atoms with Crippen LogP contribution in [0, 0.1) is 0 Å². The van der Waals surface area contributed by atoms with Gasteiger partial charge in [0.05, 0.1) is 7.11 Å². The fourth-order valence-electron chi connectivity index (χ4n) is 3.53. The van der Waals surface area contributed by atoms with Gasteiger partial charge < -0.3 is 10.5 Å². The number of ether oxygens (including phenoxy) is 1. The summed E-state index contributed by atoms with van der Waals surface area (Å²) in [5, 5.41) is 0. The van der Waals surface area contributed by atoms with Gasteiger partial charge in [0, 0.05) is 0 Å². The standard InChI is InChI=1S/C17H27NO/c1-13(2)15-12-14(6-7-16(15)19-3)17(10-11-18)8-4-5-9-17/h6-7,12-13H,4-5,8-11,18H2,1-3H3. The Morgan fingerprint density at radius 1 is 1.26 bits per heavy atom. The maximum atomic E-state index is 5.86. The van der Waals surface area contributed by atoms with Crippen LogP contribution in [-0.2, 0) is 5.41 Å². The van der Waals surface area contributed by atoms with Gasteiger partial charge in [-0.25, -0.2) is 0 Å². The molecule has 0 saturated heterocycles. The van der Waals surface area contributed by atoms with Crippen LogP contribution in [0.15, 0.2) is 18.2 Å². The molecule has 1 aliphatic rings. The summed E-state index contributed by atoms with van der Waals surface area (Å²) in [6.45, 7) is 5.24. The van der Waals surface area contributed by atoms with Gasteiger partial charge in [-0.3, -0.25) is 0 Å². The average molecular weight is 261 g/mol. The summed E-state index contributed by atoms with van der Waals surface area (Å²) in [7, 11) is 1.76. The summed E-state index contributed by atoms with van der Waals surface area (Å²) < 4.78 is 5.49. The third-order valence-electron chi connectivity index (χ3n) is 4.65. The van der Waals surface area contributed by atoms with E-state index in [2.05, 4.69) is 32.0 Å². The van der Waals surface area contributed by atoms with Crippen molar-refractivity contribution in [2.45, 2.75) is 57.3 Å². The number of rotatable bonds is 5. The Bertz CT molecular complexity index is 419. The van der Waals surface area contributed by atoms with E-state index in [1.54, 1.807) is 7.11 Å². The highest BCUT2D eigenvalue weighted by Crippen LogP contribution is 2.45. The smallest absolute Gasteiger partial charge is 0.122 e. The monoisotopic (exact) mass is 261 g/mol. The summed E-state index contributed by atoms with van der Waals surface area (Å²) in [5.41, 5.74) is 8.98. The van der Waals surface area contributed by atoms with Crippen LogP contribution in [0.25, 0.3) is 0 Å². The van der Waals surface area contributed by atoms with E-state index in [0.29, 0.717) is 11.3 Å². The molecule has 0 heterocycles. The van der Waals surface area contributed by atoms with Gasteiger partial charge in [0.1, 0.15) is 5.75 Å². The molecule has 0 spiro atoms. The second-order valence-electron chi connectivity index (χ2n) is 6.14. The van der Waals surface area contributed by atoms with E-state index in [-0.39, 0.29) is 0 Å². The van der Waals surface area contributed by atoms with E-state index in [0.717, 1.165) is 18.7 Å². The Morgan fingerprint density at radius 2 is 1.95 bits per heavy atom. The highest BCUT2D eigenvalue weighted by atomic mass is 16.5. The zero-order valence-corrected chi connectivity index (χ0v) is 12.5. The minimum atomic E-state index is 0.324. The van der Waals surface area contributed by atoms with Gasteiger partial charge in [-0.05, 0) is 54.3 Å². The topological polar surface area (TPSA) is 35.2 Å². The Labute approximate surface area is 117 Å². The van der Waals surface area contributed by atoms with Crippen molar-refractivity contribution in [3.8, 4) is 5.75 Å². The molecule has 0 atom stereocenters. The maximum Gasteiger partial charge on any atom is 0.122 e. The molecule has 2 N–H and O–H groups in total. The third-order valence-corrected chi connectivity index (χ3v) is 4.65. The molecule has 1 aromatic carbocycles. The molecule has 2 nitrogen and oxygen atoms in total. The molecular weight excluding hydrogens is 234 g/mol. The minimum absolute atomic E-state index is 0.324. The highest BCUT2D eigenvalue weighted by Gasteiger charge is 2.35. The second kappa shape index (κ2) is 5.96. The summed E-state index contributed by atoms with van der Waals surface area (Å²) in [4.78, 5) is 0. The van der Waals surface area contributed by atoms with E-state index >= 15 is 0 Å². The van der Waals surface area contributed by atoms with Crippen LogP contribution < -0.4 is 10.5 Å². The average Bonchev–Trinajstić information content (AvgIpc) is 2.88. The first-order valence-electron chi connectivity index (χ1n) is 7.51. The molecule has 19 heavy (non-hydrogen) atoms. The van der Waals surface area contributed by atoms with E-state index in [1.807, 2.05) is 0 Å². The molecule has 0 amide bonds. The Balaban J connectivity index is 2.41. The molecule has 0 bridgehead atoms. The van der Waals surface area contributed by atoms with E-state index in [1.165, 1.54) is 36.8 Å². The number of hydrogen-bond acceptors (Lipinski definition) is 2. The van der Waals surface area contributed by atoms with Gasteiger partial charge >= 0.3 is 0 Å². The van der Waals surface area contributed by atoms with Gasteiger partial charge in [0.2, 0.25) is 0 Å². The van der Waals surface area contributed by atoms with Crippen LogP contribution in [0.2, 0.25) is 0 Å². The minimum Gasteiger partial charge on any atom is -0.496 e. The maximum absolute atomic E-state index is 5.86. The molecule has 1 fully saturated rings. The van der Waals surface area contributed by atoms with E-state index in [9.17, 15) is 0 Å². The van der Waals surface area contributed by atoms with Crippen LogP contribution in [0.5, 0.6) is 5.75 Å². The van der Waals surface area contributed by atoms with Crippen molar-refractivity contribution in [3.05, 3.63) is 29.3 Å². The molecule has 106 valence electrons. The molecule has 0 unspecified atom stereocenters. The fourth-order valence-corrected chi connectivity index (χ4v) is 3.53. The molecule has 0 aromatic heterocycles. The summed E-state index contributed by atoms with van der Waals surface area (Å²) in [5.74, 6) is 1.51. The van der Waals surface area contributed by atoms with Gasteiger partial charge in [-0.2, -0.15) is 0 Å². The van der Waals surface area contributed by atoms with Crippen LogP contribution in [0.3, 0.4) is 0 Å². The Hall–Kier alpha value is -1.02. The molecule has 0 radical (unpaired) electrons. The molecule has 2 heteroatoms. The first-order valence-corrected chi connectivity index (χ1v) is 7.51. The van der Waals surface area contributed by atoms with Crippen molar-refractivity contribution < 1.29 is 4.74 Å².